The van der Waals surface area contributed by atoms with Gasteiger partial charge in [0.1, 0.15) is 0 Å². The van der Waals surface area contributed by atoms with Crippen LogP contribution in [0.5, 0.6) is 0 Å². The zero-order chi connectivity index (χ0) is 21.5. The van der Waals surface area contributed by atoms with Crippen LogP contribution in [0, 0.1) is 6.92 Å². The van der Waals surface area contributed by atoms with E-state index in [1.165, 1.54) is 44.0 Å². The molecular formula is C30H26N2. The topological polar surface area (TPSA) is 16.1 Å². The van der Waals surface area contributed by atoms with E-state index in [4.69, 9.17) is 4.98 Å². The largest absolute Gasteiger partial charge is 0.294 e. The van der Waals surface area contributed by atoms with Gasteiger partial charge in [0.15, 0.2) is 0 Å². The van der Waals surface area contributed by atoms with Gasteiger partial charge >= 0.3 is 0 Å². The average molecular weight is 415 g/mol. The summed E-state index contributed by atoms with van der Waals surface area (Å²) in [5.74, 6) is 0. The van der Waals surface area contributed by atoms with Crippen molar-refractivity contribution in [3.05, 3.63) is 113 Å². The van der Waals surface area contributed by atoms with Crippen molar-refractivity contribution in [1.29, 1.82) is 0 Å². The number of fused-ring (bicyclic) bond motifs is 5. The predicted octanol–water partition coefficient (Wildman–Crippen LogP) is 6.92. The summed E-state index contributed by atoms with van der Waals surface area (Å²) < 4.78 is 0. The van der Waals surface area contributed by atoms with Crippen LogP contribution in [0.4, 0.5) is 0 Å². The van der Waals surface area contributed by atoms with Crippen molar-refractivity contribution >= 4 is 21.7 Å². The molecule has 32 heavy (non-hydrogen) atoms. The number of aromatic nitrogens is 1. The Morgan fingerprint density at radius 1 is 0.781 bits per heavy atom. The van der Waals surface area contributed by atoms with Gasteiger partial charge < -0.3 is 0 Å². The molecule has 1 aliphatic rings. The standard InChI is InChI=1S/C30H26N2/c1-21-9-5-7-13-24(21)30-27-20-32(19-22-10-3-2-4-11-22)18-17-26(27)29-25-14-8-6-12-23(25)15-16-28(29)31-30/h2-16H,17-20H2,1H3. The van der Waals surface area contributed by atoms with Gasteiger partial charge in [-0.1, -0.05) is 84.9 Å². The molecule has 0 saturated heterocycles. The highest BCUT2D eigenvalue weighted by atomic mass is 15.1. The number of hydrogen-bond acceptors (Lipinski definition) is 2. The molecule has 0 unspecified atom stereocenters. The van der Waals surface area contributed by atoms with E-state index in [2.05, 4.69) is 103 Å². The van der Waals surface area contributed by atoms with Crippen LogP contribution in [0.25, 0.3) is 32.9 Å². The van der Waals surface area contributed by atoms with Crippen LogP contribution < -0.4 is 0 Å². The molecule has 5 aromatic rings. The minimum absolute atomic E-state index is 0.931. The van der Waals surface area contributed by atoms with Crippen LogP contribution in [0.1, 0.15) is 22.3 Å². The highest BCUT2D eigenvalue weighted by molar-refractivity contribution is 6.09. The Morgan fingerprint density at radius 2 is 1.56 bits per heavy atom. The van der Waals surface area contributed by atoms with E-state index >= 15 is 0 Å². The van der Waals surface area contributed by atoms with Crippen molar-refractivity contribution in [2.24, 2.45) is 0 Å². The molecule has 0 bridgehead atoms. The number of pyridine rings is 1. The summed E-state index contributed by atoms with van der Waals surface area (Å²) in [5.41, 5.74) is 9.03. The molecule has 0 radical (unpaired) electrons. The summed E-state index contributed by atoms with van der Waals surface area (Å²) in [6, 6.07) is 32.6. The molecule has 1 aromatic heterocycles. The van der Waals surface area contributed by atoms with E-state index in [0.29, 0.717) is 0 Å². The average Bonchev–Trinajstić information content (AvgIpc) is 2.84. The second-order valence-electron chi connectivity index (χ2n) is 8.86. The van der Waals surface area contributed by atoms with Gasteiger partial charge in [0.25, 0.3) is 0 Å². The third-order valence-corrected chi connectivity index (χ3v) is 6.80. The van der Waals surface area contributed by atoms with Crippen molar-refractivity contribution in [3.8, 4) is 11.3 Å². The molecule has 0 aliphatic carbocycles. The Labute approximate surface area is 189 Å². The molecule has 0 spiro atoms. The molecule has 0 N–H and O–H groups in total. The molecular weight excluding hydrogens is 388 g/mol. The van der Waals surface area contributed by atoms with Crippen LogP contribution >= 0.6 is 0 Å². The van der Waals surface area contributed by atoms with Gasteiger partial charge in [-0.2, -0.15) is 0 Å². The first-order valence-electron chi connectivity index (χ1n) is 11.4. The monoisotopic (exact) mass is 414 g/mol. The smallest absolute Gasteiger partial charge is 0.0760 e. The molecule has 2 heterocycles. The lowest BCUT2D eigenvalue weighted by molar-refractivity contribution is 0.246. The van der Waals surface area contributed by atoms with Crippen LogP contribution in [0.3, 0.4) is 0 Å². The summed E-state index contributed by atoms with van der Waals surface area (Å²) >= 11 is 0. The second kappa shape index (κ2) is 7.89. The Morgan fingerprint density at radius 3 is 2.44 bits per heavy atom. The van der Waals surface area contributed by atoms with Crippen molar-refractivity contribution in [2.45, 2.75) is 26.4 Å². The summed E-state index contributed by atoms with van der Waals surface area (Å²) in [5, 5.41) is 3.95. The van der Waals surface area contributed by atoms with Gasteiger partial charge in [0.2, 0.25) is 0 Å². The molecule has 2 heteroatoms. The zero-order valence-electron chi connectivity index (χ0n) is 18.4. The maximum absolute atomic E-state index is 5.28. The minimum Gasteiger partial charge on any atom is -0.294 e. The molecule has 0 saturated carbocycles. The van der Waals surface area contributed by atoms with E-state index in [0.717, 1.165) is 37.3 Å². The molecule has 0 fully saturated rings. The van der Waals surface area contributed by atoms with E-state index < -0.39 is 0 Å². The summed E-state index contributed by atoms with van der Waals surface area (Å²) in [6.45, 7) is 5.16. The van der Waals surface area contributed by atoms with Crippen LogP contribution in [0.2, 0.25) is 0 Å². The van der Waals surface area contributed by atoms with E-state index in [9.17, 15) is 0 Å². The molecule has 2 nitrogen and oxygen atoms in total. The Balaban J connectivity index is 1.57. The fraction of sp³-hybridized carbons (Fsp3) is 0.167. The lowest BCUT2D eigenvalue weighted by Gasteiger charge is -2.31. The molecule has 156 valence electrons. The lowest BCUT2D eigenvalue weighted by atomic mass is 9.88. The first kappa shape index (κ1) is 19.2. The molecule has 1 aliphatic heterocycles. The van der Waals surface area contributed by atoms with Gasteiger partial charge in [-0.3, -0.25) is 4.90 Å². The third kappa shape index (κ3) is 3.28. The Kier molecular flexibility index (Phi) is 4.74. The van der Waals surface area contributed by atoms with Crippen molar-refractivity contribution in [2.75, 3.05) is 6.54 Å². The van der Waals surface area contributed by atoms with Crippen LogP contribution in [0.15, 0.2) is 91.0 Å². The SMILES string of the molecule is Cc1ccccc1-c1nc2ccc3ccccc3c2c2c1CN(Cc1ccccc1)CC2. The van der Waals surface area contributed by atoms with Crippen molar-refractivity contribution in [1.82, 2.24) is 9.88 Å². The van der Waals surface area contributed by atoms with E-state index in [-0.39, 0.29) is 0 Å². The molecule has 4 aromatic carbocycles. The molecule has 6 rings (SSSR count). The first-order valence-corrected chi connectivity index (χ1v) is 11.4. The quantitative estimate of drug-likeness (QED) is 0.298. The summed E-state index contributed by atoms with van der Waals surface area (Å²) in [4.78, 5) is 7.85. The number of rotatable bonds is 3. The number of benzene rings is 4. The normalized spacial score (nSPS) is 14.0. The van der Waals surface area contributed by atoms with Gasteiger partial charge in [-0.15, -0.1) is 0 Å². The van der Waals surface area contributed by atoms with Gasteiger partial charge in [-0.25, -0.2) is 4.98 Å². The van der Waals surface area contributed by atoms with Crippen LogP contribution in [-0.4, -0.2) is 16.4 Å². The number of aryl methyl sites for hydroxylation is 1. The van der Waals surface area contributed by atoms with Gasteiger partial charge in [-0.05, 0) is 52.4 Å². The van der Waals surface area contributed by atoms with Crippen molar-refractivity contribution < 1.29 is 0 Å². The summed E-state index contributed by atoms with van der Waals surface area (Å²) in [6.07, 6.45) is 1.05. The Hall–Kier alpha value is -3.49. The number of nitrogens with zero attached hydrogens (tertiary/aromatic N) is 2. The zero-order valence-corrected chi connectivity index (χ0v) is 18.4. The van der Waals surface area contributed by atoms with E-state index in [1.807, 2.05) is 0 Å². The Bertz CT molecular complexity index is 1440. The second-order valence-corrected chi connectivity index (χ2v) is 8.86. The fourth-order valence-corrected chi connectivity index (χ4v) is 5.21. The first-order chi connectivity index (χ1) is 15.8. The number of hydrogen-bond donors (Lipinski definition) is 0. The van der Waals surface area contributed by atoms with Gasteiger partial charge in [0, 0.05) is 30.6 Å². The van der Waals surface area contributed by atoms with Crippen LogP contribution in [-0.2, 0) is 19.5 Å². The fourth-order valence-electron chi connectivity index (χ4n) is 5.21. The highest BCUT2D eigenvalue weighted by Crippen LogP contribution is 2.38. The van der Waals surface area contributed by atoms with E-state index in [1.54, 1.807) is 0 Å². The predicted molar refractivity (Wildman–Crippen MR) is 134 cm³/mol. The summed E-state index contributed by atoms with van der Waals surface area (Å²) in [7, 11) is 0. The lowest BCUT2D eigenvalue weighted by Crippen LogP contribution is -2.31. The molecule has 0 atom stereocenters. The molecule has 0 amide bonds. The van der Waals surface area contributed by atoms with Gasteiger partial charge in [0.05, 0.1) is 11.2 Å². The highest BCUT2D eigenvalue weighted by Gasteiger charge is 2.25. The maximum Gasteiger partial charge on any atom is 0.0760 e. The minimum atomic E-state index is 0.931. The van der Waals surface area contributed by atoms with Crippen molar-refractivity contribution in [3.63, 3.8) is 0 Å². The third-order valence-electron chi connectivity index (χ3n) is 6.80. The maximum atomic E-state index is 5.28.